The van der Waals surface area contributed by atoms with Gasteiger partial charge in [0, 0.05) is 19.4 Å². The molecule has 0 saturated heterocycles. The van der Waals surface area contributed by atoms with Crippen molar-refractivity contribution in [3.05, 3.63) is 53.6 Å². The number of aryl methyl sites for hydroxylation is 1. The number of ether oxygens (including phenoxy) is 1. The molecule has 0 aliphatic rings. The molecule has 0 aliphatic carbocycles. The number of carbonyl (C=O) groups excluding carboxylic acids is 3. The molecule has 0 heterocycles. The lowest BCUT2D eigenvalue weighted by Crippen LogP contribution is -2.44. The second-order valence-electron chi connectivity index (χ2n) is 9.71. The number of amides is 3. The zero-order chi connectivity index (χ0) is 28.8. The predicted octanol–water partition coefficient (Wildman–Crippen LogP) is 4.67. The van der Waals surface area contributed by atoms with Gasteiger partial charge in [-0.1, -0.05) is 18.6 Å². The number of hydrazine groups is 1. The smallest absolute Gasteiger partial charge is 0.426 e. The first-order valence-electron chi connectivity index (χ1n) is 12.5. The number of unbranched alkanes of at least 4 members (excludes halogenated alkanes) is 2. The fraction of sp³-hybridized carbons (Fsp3) is 0.407. The predicted molar refractivity (Wildman–Crippen MR) is 143 cm³/mol. The molecule has 2 rings (SSSR count). The van der Waals surface area contributed by atoms with Crippen LogP contribution in [0.4, 0.5) is 16.2 Å². The molecule has 0 unspecified atom stereocenters. The summed E-state index contributed by atoms with van der Waals surface area (Å²) in [7, 11) is 0. The minimum Gasteiger partial charge on any atom is -0.508 e. The summed E-state index contributed by atoms with van der Waals surface area (Å²) < 4.78 is 5.03. The third-order valence-electron chi connectivity index (χ3n) is 5.14. The van der Waals surface area contributed by atoms with Crippen molar-refractivity contribution in [1.82, 2.24) is 16.2 Å². The SMILES string of the molecule is CC(C)(C)OC(=O)NNC(=O)CCCCCNC(=O)CCc1cccc(N=Nc2ccc(O)cc2C(=O)O)c1. The van der Waals surface area contributed by atoms with Crippen molar-refractivity contribution in [2.45, 2.75) is 64.9 Å². The Morgan fingerprint density at radius 1 is 0.897 bits per heavy atom. The lowest BCUT2D eigenvalue weighted by molar-refractivity contribution is -0.122. The van der Waals surface area contributed by atoms with Gasteiger partial charge in [-0.25, -0.2) is 15.0 Å². The first kappa shape index (κ1) is 30.7. The number of carbonyl (C=O) groups is 4. The number of phenolic OH excluding ortho intramolecular Hbond substituents is 1. The van der Waals surface area contributed by atoms with Gasteiger partial charge < -0.3 is 20.3 Å². The van der Waals surface area contributed by atoms with Gasteiger partial charge in [-0.15, -0.1) is 5.11 Å². The van der Waals surface area contributed by atoms with Gasteiger partial charge in [-0.05, 0) is 75.9 Å². The number of nitrogens with zero attached hydrogens (tertiary/aromatic N) is 2. The van der Waals surface area contributed by atoms with E-state index in [1.807, 2.05) is 6.07 Å². The van der Waals surface area contributed by atoms with Crippen LogP contribution in [0.3, 0.4) is 0 Å². The number of benzene rings is 2. The molecule has 210 valence electrons. The van der Waals surface area contributed by atoms with E-state index in [0.717, 1.165) is 18.1 Å². The molecule has 0 saturated carbocycles. The van der Waals surface area contributed by atoms with E-state index in [2.05, 4.69) is 26.4 Å². The second-order valence-corrected chi connectivity index (χ2v) is 9.71. The molecule has 12 heteroatoms. The van der Waals surface area contributed by atoms with Crippen LogP contribution in [-0.4, -0.2) is 46.2 Å². The van der Waals surface area contributed by atoms with E-state index < -0.39 is 17.7 Å². The van der Waals surface area contributed by atoms with E-state index in [0.29, 0.717) is 31.5 Å². The van der Waals surface area contributed by atoms with Gasteiger partial charge in [0.15, 0.2) is 0 Å². The van der Waals surface area contributed by atoms with Crippen LogP contribution in [0.1, 0.15) is 68.8 Å². The first-order valence-corrected chi connectivity index (χ1v) is 12.5. The molecule has 2 aromatic rings. The number of carboxylic acid groups (broad SMARTS) is 1. The number of carboxylic acids is 1. The Balaban J connectivity index is 1.66. The Hall–Kier alpha value is -4.48. The van der Waals surface area contributed by atoms with Crippen molar-refractivity contribution in [1.29, 1.82) is 0 Å². The van der Waals surface area contributed by atoms with Crippen LogP contribution < -0.4 is 16.2 Å². The average molecular weight is 542 g/mol. The van der Waals surface area contributed by atoms with Gasteiger partial charge in [-0.3, -0.25) is 15.0 Å². The summed E-state index contributed by atoms with van der Waals surface area (Å²) in [4.78, 5) is 46.8. The Kier molecular flexibility index (Phi) is 11.9. The maximum atomic E-state index is 12.2. The summed E-state index contributed by atoms with van der Waals surface area (Å²) in [6, 6.07) is 10.9. The third-order valence-corrected chi connectivity index (χ3v) is 5.14. The van der Waals surface area contributed by atoms with Crippen LogP contribution >= 0.6 is 0 Å². The number of nitrogens with one attached hydrogen (secondary N) is 3. The molecule has 0 bridgehead atoms. The van der Waals surface area contributed by atoms with Gasteiger partial charge in [-0.2, -0.15) is 5.11 Å². The van der Waals surface area contributed by atoms with Crippen LogP contribution in [0, 0.1) is 0 Å². The van der Waals surface area contributed by atoms with Crippen molar-refractivity contribution in [2.75, 3.05) is 6.54 Å². The quantitative estimate of drug-likeness (QED) is 0.147. The van der Waals surface area contributed by atoms with Crippen molar-refractivity contribution in [3.8, 4) is 5.75 Å². The topological polar surface area (TPSA) is 179 Å². The molecule has 39 heavy (non-hydrogen) atoms. The Morgan fingerprint density at radius 2 is 1.67 bits per heavy atom. The average Bonchev–Trinajstić information content (AvgIpc) is 2.86. The molecule has 0 radical (unpaired) electrons. The second kappa shape index (κ2) is 15.1. The molecular weight excluding hydrogens is 506 g/mol. The molecule has 5 N–H and O–H groups in total. The molecule has 2 aromatic carbocycles. The number of rotatable bonds is 12. The van der Waals surface area contributed by atoms with E-state index >= 15 is 0 Å². The Labute approximate surface area is 226 Å². The summed E-state index contributed by atoms with van der Waals surface area (Å²) in [5.74, 6) is -1.82. The lowest BCUT2D eigenvalue weighted by atomic mass is 10.1. The van der Waals surface area contributed by atoms with E-state index in [1.54, 1.807) is 39.0 Å². The summed E-state index contributed by atoms with van der Waals surface area (Å²) in [5, 5.41) is 29.7. The van der Waals surface area contributed by atoms with Crippen LogP contribution in [0.25, 0.3) is 0 Å². The zero-order valence-corrected chi connectivity index (χ0v) is 22.3. The normalized spacial score (nSPS) is 11.2. The third kappa shape index (κ3) is 12.5. The Bertz CT molecular complexity index is 1190. The van der Waals surface area contributed by atoms with Crippen LogP contribution in [-0.2, 0) is 20.7 Å². The maximum Gasteiger partial charge on any atom is 0.426 e. The van der Waals surface area contributed by atoms with E-state index in [1.165, 1.54) is 12.1 Å². The van der Waals surface area contributed by atoms with Crippen molar-refractivity contribution < 1.29 is 34.1 Å². The first-order chi connectivity index (χ1) is 18.4. The molecule has 0 aliphatic heterocycles. The standard InChI is InChI=1S/C27H35N5O7/c1-27(2,3)39-26(38)32-31-24(35)10-5-4-6-15-28-23(34)14-11-18-8-7-9-19(16-18)29-30-22-13-12-20(33)17-21(22)25(36)37/h7-9,12-13,16-17,33H,4-6,10-11,14-15H2,1-3H3,(H,28,34)(H,31,35)(H,32,38)(H,36,37). The highest BCUT2D eigenvalue weighted by molar-refractivity contribution is 5.93. The van der Waals surface area contributed by atoms with Crippen LogP contribution in [0.2, 0.25) is 0 Å². The number of phenols is 1. The van der Waals surface area contributed by atoms with Crippen LogP contribution in [0.5, 0.6) is 5.75 Å². The molecule has 0 fully saturated rings. The number of hydrogen-bond acceptors (Lipinski definition) is 8. The monoisotopic (exact) mass is 541 g/mol. The molecule has 12 nitrogen and oxygen atoms in total. The molecule has 0 atom stereocenters. The zero-order valence-electron chi connectivity index (χ0n) is 22.3. The minimum absolute atomic E-state index is 0.100. The lowest BCUT2D eigenvalue weighted by Gasteiger charge is -2.19. The maximum absolute atomic E-state index is 12.2. The number of azo groups is 1. The number of aromatic hydroxyl groups is 1. The fourth-order valence-corrected chi connectivity index (χ4v) is 3.32. The molecule has 0 spiro atoms. The van der Waals surface area contributed by atoms with Gasteiger partial charge in [0.1, 0.15) is 17.0 Å². The Morgan fingerprint density at radius 3 is 2.38 bits per heavy atom. The van der Waals surface area contributed by atoms with Gasteiger partial charge >= 0.3 is 12.1 Å². The fourth-order valence-electron chi connectivity index (χ4n) is 3.32. The largest absolute Gasteiger partial charge is 0.508 e. The summed E-state index contributed by atoms with van der Waals surface area (Å²) in [6.45, 7) is 5.66. The van der Waals surface area contributed by atoms with Crippen molar-refractivity contribution in [2.24, 2.45) is 10.2 Å². The van der Waals surface area contributed by atoms with Crippen molar-refractivity contribution in [3.63, 3.8) is 0 Å². The van der Waals surface area contributed by atoms with Crippen LogP contribution in [0.15, 0.2) is 52.7 Å². The highest BCUT2D eigenvalue weighted by atomic mass is 16.6. The molecule has 0 aromatic heterocycles. The minimum atomic E-state index is -1.22. The number of hydrogen-bond donors (Lipinski definition) is 5. The summed E-state index contributed by atoms with van der Waals surface area (Å²) in [6.07, 6.45) is 2.33. The molecule has 3 amide bonds. The number of aromatic carboxylic acids is 1. The summed E-state index contributed by atoms with van der Waals surface area (Å²) >= 11 is 0. The van der Waals surface area contributed by atoms with Gasteiger partial charge in [0.05, 0.1) is 11.3 Å². The van der Waals surface area contributed by atoms with E-state index in [-0.39, 0.29) is 41.7 Å². The van der Waals surface area contributed by atoms with E-state index in [4.69, 9.17) is 4.74 Å². The highest BCUT2D eigenvalue weighted by Gasteiger charge is 2.16. The highest BCUT2D eigenvalue weighted by Crippen LogP contribution is 2.26. The van der Waals surface area contributed by atoms with Gasteiger partial charge in [0.25, 0.3) is 0 Å². The van der Waals surface area contributed by atoms with Gasteiger partial charge in [0.2, 0.25) is 11.8 Å². The molecular formula is C27H35N5O7. The van der Waals surface area contributed by atoms with E-state index in [9.17, 15) is 29.4 Å². The summed E-state index contributed by atoms with van der Waals surface area (Å²) in [5.41, 5.74) is 5.17. The van der Waals surface area contributed by atoms with Crippen molar-refractivity contribution >= 4 is 35.3 Å².